The van der Waals surface area contributed by atoms with Crippen molar-refractivity contribution in [3.05, 3.63) is 77.1 Å². The first kappa shape index (κ1) is 22.6. The number of nitrogens with zero attached hydrogens (tertiary/aromatic N) is 3. The standard InChI is InChI=1S/C26H30N4O3/c1-4-33-24-11-7-21(8-12-24)26(32)29-15-13-22(14-16-29)27-25(31)20-5-9-23(10-6-20)30-19(3)17-18(2)28-30/h5-12,17,22H,4,13-16H2,1-3H3,(H,27,31). The van der Waals surface area contributed by atoms with Gasteiger partial charge in [0.15, 0.2) is 0 Å². The second kappa shape index (κ2) is 9.90. The molecular formula is C26H30N4O3. The van der Waals surface area contributed by atoms with E-state index in [1.807, 2.05) is 72.8 Å². The predicted molar refractivity (Wildman–Crippen MR) is 127 cm³/mol. The van der Waals surface area contributed by atoms with E-state index in [1.165, 1.54) is 0 Å². The quantitative estimate of drug-likeness (QED) is 0.623. The second-order valence-corrected chi connectivity index (χ2v) is 8.38. The first-order valence-electron chi connectivity index (χ1n) is 11.4. The van der Waals surface area contributed by atoms with Gasteiger partial charge in [-0.25, -0.2) is 4.68 Å². The third kappa shape index (κ3) is 5.25. The normalized spacial score (nSPS) is 14.2. The summed E-state index contributed by atoms with van der Waals surface area (Å²) in [5.41, 5.74) is 4.22. The molecule has 0 spiro atoms. The molecule has 1 aliphatic rings. The number of amides is 2. The van der Waals surface area contributed by atoms with Crippen LogP contribution in [0.2, 0.25) is 0 Å². The predicted octanol–water partition coefficient (Wildman–Crippen LogP) is 3.92. The van der Waals surface area contributed by atoms with Gasteiger partial charge >= 0.3 is 0 Å². The van der Waals surface area contributed by atoms with Crippen molar-refractivity contribution in [3.63, 3.8) is 0 Å². The van der Waals surface area contributed by atoms with Gasteiger partial charge in [0.2, 0.25) is 0 Å². The molecule has 0 bridgehead atoms. The summed E-state index contributed by atoms with van der Waals surface area (Å²) < 4.78 is 7.31. The van der Waals surface area contributed by atoms with Crippen LogP contribution in [0.1, 0.15) is 51.9 Å². The summed E-state index contributed by atoms with van der Waals surface area (Å²) in [7, 11) is 0. The SMILES string of the molecule is CCOc1ccc(C(=O)N2CCC(NC(=O)c3ccc(-n4nc(C)cc4C)cc3)CC2)cc1. The highest BCUT2D eigenvalue weighted by Crippen LogP contribution is 2.18. The maximum absolute atomic E-state index is 12.8. The van der Waals surface area contributed by atoms with Gasteiger partial charge in [-0.15, -0.1) is 0 Å². The summed E-state index contributed by atoms with van der Waals surface area (Å²) in [6.07, 6.45) is 1.47. The van der Waals surface area contributed by atoms with Crippen LogP contribution in [-0.2, 0) is 0 Å². The van der Waals surface area contributed by atoms with Gasteiger partial charge in [-0.2, -0.15) is 5.10 Å². The van der Waals surface area contributed by atoms with Crippen molar-refractivity contribution in [2.45, 2.75) is 39.7 Å². The number of likely N-dealkylation sites (tertiary alicyclic amines) is 1. The Labute approximate surface area is 194 Å². The molecule has 0 radical (unpaired) electrons. The molecule has 0 atom stereocenters. The number of piperidine rings is 1. The number of carbonyl (C=O) groups is 2. The van der Waals surface area contributed by atoms with E-state index in [1.54, 1.807) is 12.1 Å². The zero-order valence-corrected chi connectivity index (χ0v) is 19.4. The lowest BCUT2D eigenvalue weighted by atomic mass is 10.0. The van der Waals surface area contributed by atoms with Crippen molar-refractivity contribution < 1.29 is 14.3 Å². The van der Waals surface area contributed by atoms with Gasteiger partial charge in [0.1, 0.15) is 5.75 Å². The van der Waals surface area contributed by atoms with E-state index in [-0.39, 0.29) is 17.9 Å². The lowest BCUT2D eigenvalue weighted by Gasteiger charge is -2.32. The maximum Gasteiger partial charge on any atom is 0.253 e. The molecule has 0 unspecified atom stereocenters. The van der Waals surface area contributed by atoms with Gasteiger partial charge in [0.25, 0.3) is 11.8 Å². The maximum atomic E-state index is 12.8. The summed E-state index contributed by atoms with van der Waals surface area (Å²) in [4.78, 5) is 27.4. The van der Waals surface area contributed by atoms with E-state index in [0.29, 0.717) is 30.8 Å². The van der Waals surface area contributed by atoms with Gasteiger partial charge < -0.3 is 15.0 Å². The Bertz CT molecular complexity index is 1110. The van der Waals surface area contributed by atoms with E-state index < -0.39 is 0 Å². The number of aromatic nitrogens is 2. The van der Waals surface area contributed by atoms with Crippen LogP contribution in [0, 0.1) is 13.8 Å². The molecule has 3 aromatic rings. The molecule has 1 aliphatic heterocycles. The van der Waals surface area contributed by atoms with Gasteiger partial charge in [-0.1, -0.05) is 0 Å². The number of hydrogen-bond acceptors (Lipinski definition) is 4. The van der Waals surface area contributed by atoms with Crippen LogP contribution in [0.25, 0.3) is 5.69 Å². The van der Waals surface area contributed by atoms with Crippen LogP contribution in [0.5, 0.6) is 5.75 Å². The summed E-state index contributed by atoms with van der Waals surface area (Å²) in [6.45, 7) is 7.73. The first-order chi connectivity index (χ1) is 15.9. The van der Waals surface area contributed by atoms with E-state index in [4.69, 9.17) is 4.74 Å². The molecule has 0 aliphatic carbocycles. The topological polar surface area (TPSA) is 76.5 Å². The molecule has 2 amide bonds. The smallest absolute Gasteiger partial charge is 0.253 e. The number of rotatable bonds is 6. The molecule has 7 nitrogen and oxygen atoms in total. The third-order valence-electron chi connectivity index (χ3n) is 5.91. The fourth-order valence-electron chi connectivity index (χ4n) is 4.18. The van der Waals surface area contributed by atoms with Crippen LogP contribution < -0.4 is 10.1 Å². The fourth-order valence-corrected chi connectivity index (χ4v) is 4.18. The highest BCUT2D eigenvalue weighted by Gasteiger charge is 2.25. The average Bonchev–Trinajstić information content (AvgIpc) is 3.17. The minimum absolute atomic E-state index is 0.0163. The van der Waals surface area contributed by atoms with Crippen molar-refractivity contribution in [3.8, 4) is 11.4 Å². The molecule has 33 heavy (non-hydrogen) atoms. The highest BCUT2D eigenvalue weighted by atomic mass is 16.5. The molecule has 1 fully saturated rings. The molecule has 7 heteroatoms. The number of nitrogens with one attached hydrogen (secondary N) is 1. The number of carbonyl (C=O) groups excluding carboxylic acids is 2. The Balaban J connectivity index is 1.30. The number of benzene rings is 2. The average molecular weight is 447 g/mol. The Morgan fingerprint density at radius 3 is 2.21 bits per heavy atom. The third-order valence-corrected chi connectivity index (χ3v) is 5.91. The van der Waals surface area contributed by atoms with Crippen molar-refractivity contribution in [1.29, 1.82) is 0 Å². The Morgan fingerprint density at radius 1 is 1.00 bits per heavy atom. The minimum atomic E-state index is -0.0915. The molecule has 2 heterocycles. The second-order valence-electron chi connectivity index (χ2n) is 8.38. The molecule has 1 saturated heterocycles. The summed E-state index contributed by atoms with van der Waals surface area (Å²) >= 11 is 0. The van der Waals surface area contributed by atoms with Gasteiger partial charge in [0.05, 0.1) is 18.0 Å². The lowest BCUT2D eigenvalue weighted by molar-refractivity contribution is 0.0698. The van der Waals surface area contributed by atoms with Crippen LogP contribution in [0.4, 0.5) is 0 Å². The molecule has 172 valence electrons. The molecule has 4 rings (SSSR count). The van der Waals surface area contributed by atoms with Crippen molar-refractivity contribution in [2.75, 3.05) is 19.7 Å². The molecular weight excluding hydrogens is 416 g/mol. The summed E-state index contributed by atoms with van der Waals surface area (Å²) in [5, 5.41) is 7.60. The van der Waals surface area contributed by atoms with Crippen LogP contribution in [-0.4, -0.2) is 52.2 Å². The number of hydrogen-bond donors (Lipinski definition) is 1. The zero-order valence-electron chi connectivity index (χ0n) is 19.4. The van der Waals surface area contributed by atoms with E-state index in [0.717, 1.165) is 35.7 Å². The Kier molecular flexibility index (Phi) is 6.77. The molecule has 1 aromatic heterocycles. The monoisotopic (exact) mass is 446 g/mol. The van der Waals surface area contributed by atoms with Crippen molar-refractivity contribution >= 4 is 11.8 Å². The Morgan fingerprint density at radius 2 is 1.64 bits per heavy atom. The van der Waals surface area contributed by atoms with Crippen molar-refractivity contribution in [2.24, 2.45) is 0 Å². The zero-order chi connectivity index (χ0) is 23.4. The van der Waals surface area contributed by atoms with E-state index in [2.05, 4.69) is 10.4 Å². The van der Waals surface area contributed by atoms with E-state index in [9.17, 15) is 9.59 Å². The number of aryl methyl sites for hydroxylation is 2. The first-order valence-corrected chi connectivity index (χ1v) is 11.4. The van der Waals surface area contributed by atoms with Gasteiger partial charge in [-0.05, 0) is 88.2 Å². The van der Waals surface area contributed by atoms with E-state index >= 15 is 0 Å². The Hall–Kier alpha value is -3.61. The molecule has 0 saturated carbocycles. The molecule has 2 aromatic carbocycles. The van der Waals surface area contributed by atoms with Gasteiger partial charge in [-0.3, -0.25) is 9.59 Å². The lowest BCUT2D eigenvalue weighted by Crippen LogP contribution is -2.46. The van der Waals surface area contributed by atoms with Gasteiger partial charge in [0, 0.05) is 36.0 Å². The highest BCUT2D eigenvalue weighted by molar-refractivity contribution is 5.95. The van der Waals surface area contributed by atoms with Crippen LogP contribution >= 0.6 is 0 Å². The molecule has 1 N–H and O–H groups in total. The number of ether oxygens (including phenoxy) is 1. The fraction of sp³-hybridized carbons (Fsp3) is 0.346. The summed E-state index contributed by atoms with van der Waals surface area (Å²) in [6, 6.07) is 16.8. The largest absolute Gasteiger partial charge is 0.494 e. The minimum Gasteiger partial charge on any atom is -0.494 e. The van der Waals surface area contributed by atoms with Crippen LogP contribution in [0.3, 0.4) is 0 Å². The van der Waals surface area contributed by atoms with Crippen molar-refractivity contribution in [1.82, 2.24) is 20.0 Å². The summed E-state index contributed by atoms with van der Waals surface area (Å²) in [5.74, 6) is 0.687. The van der Waals surface area contributed by atoms with Crippen LogP contribution in [0.15, 0.2) is 54.6 Å².